The van der Waals surface area contributed by atoms with Crippen LogP contribution in [0.15, 0.2) is 51.8 Å². The molecule has 2 rings (SSSR count). The number of benzene rings is 2. The largest absolute Gasteiger partial charge is 0.325 e. The first-order chi connectivity index (χ1) is 10.9. The lowest BCUT2D eigenvalue weighted by atomic mass is 10.2. The Morgan fingerprint density at radius 3 is 2.57 bits per heavy atom. The molecule has 0 fully saturated rings. The van der Waals surface area contributed by atoms with Crippen LogP contribution in [0.1, 0.15) is 6.92 Å². The third-order valence-corrected chi connectivity index (χ3v) is 4.55. The lowest BCUT2D eigenvalue weighted by molar-refractivity contribution is -0.387. The van der Waals surface area contributed by atoms with E-state index in [0.29, 0.717) is 0 Å². The van der Waals surface area contributed by atoms with E-state index in [1.807, 2.05) is 24.3 Å². The molecule has 1 N–H and O–H groups in total. The predicted molar refractivity (Wildman–Crippen MR) is 91.1 cm³/mol. The van der Waals surface area contributed by atoms with Crippen molar-refractivity contribution in [3.8, 4) is 0 Å². The van der Waals surface area contributed by atoms with E-state index in [2.05, 4.69) is 21.2 Å². The van der Waals surface area contributed by atoms with Crippen LogP contribution in [0.25, 0.3) is 0 Å². The van der Waals surface area contributed by atoms with Gasteiger partial charge in [0.15, 0.2) is 0 Å². The normalized spacial score (nSPS) is 11.8. The van der Waals surface area contributed by atoms with Gasteiger partial charge in [-0.1, -0.05) is 15.9 Å². The monoisotopic (exact) mass is 398 g/mol. The number of anilines is 1. The SMILES string of the molecule is C[C@H](Sc1ccc(Br)cc1)C(=O)Nc1ccc(F)c([N+](=O)[O-])c1. The van der Waals surface area contributed by atoms with Gasteiger partial charge in [0.25, 0.3) is 0 Å². The summed E-state index contributed by atoms with van der Waals surface area (Å²) in [5, 5.41) is 12.8. The van der Waals surface area contributed by atoms with Crippen LogP contribution in [0, 0.1) is 15.9 Å². The van der Waals surface area contributed by atoms with Gasteiger partial charge in [0, 0.05) is 21.1 Å². The number of carbonyl (C=O) groups is 1. The Hall–Kier alpha value is -1.93. The molecule has 0 saturated carbocycles. The molecule has 0 aliphatic heterocycles. The van der Waals surface area contributed by atoms with Gasteiger partial charge in [0.05, 0.1) is 10.2 Å². The molecule has 1 atom stereocenters. The van der Waals surface area contributed by atoms with Crippen molar-refractivity contribution in [2.45, 2.75) is 17.1 Å². The number of nitrogens with zero attached hydrogens (tertiary/aromatic N) is 1. The zero-order chi connectivity index (χ0) is 17.0. The van der Waals surface area contributed by atoms with Gasteiger partial charge in [-0.25, -0.2) is 0 Å². The first-order valence-corrected chi connectivity index (χ1v) is 8.21. The topological polar surface area (TPSA) is 72.2 Å². The zero-order valence-electron chi connectivity index (χ0n) is 12.0. The first-order valence-electron chi connectivity index (χ1n) is 6.54. The van der Waals surface area contributed by atoms with E-state index >= 15 is 0 Å². The van der Waals surface area contributed by atoms with E-state index in [1.165, 1.54) is 17.8 Å². The molecule has 0 radical (unpaired) electrons. The Bertz CT molecular complexity index is 740. The first kappa shape index (κ1) is 17.4. The van der Waals surface area contributed by atoms with Crippen molar-refractivity contribution in [1.29, 1.82) is 0 Å². The standard InChI is InChI=1S/C15H12BrFN2O3S/c1-9(23-12-5-2-10(16)3-6-12)15(20)18-11-4-7-13(17)14(8-11)19(21)22/h2-9H,1H3,(H,18,20)/t9-/m0/s1. The number of halogens is 2. The molecule has 0 saturated heterocycles. The van der Waals surface area contributed by atoms with Gasteiger partial charge in [0.1, 0.15) is 0 Å². The average molecular weight is 399 g/mol. The van der Waals surface area contributed by atoms with Crippen molar-refractivity contribution in [3.05, 3.63) is 62.9 Å². The number of thioether (sulfide) groups is 1. The van der Waals surface area contributed by atoms with Crippen molar-refractivity contribution < 1.29 is 14.1 Å². The Morgan fingerprint density at radius 1 is 1.30 bits per heavy atom. The molecule has 0 bridgehead atoms. The number of nitrogens with one attached hydrogen (secondary N) is 1. The summed E-state index contributed by atoms with van der Waals surface area (Å²) in [6, 6.07) is 10.7. The highest BCUT2D eigenvalue weighted by molar-refractivity contribution is 9.10. The van der Waals surface area contributed by atoms with E-state index < -0.39 is 21.7 Å². The van der Waals surface area contributed by atoms with Crippen LogP contribution in [-0.4, -0.2) is 16.1 Å². The second-order valence-corrected chi connectivity index (χ2v) is 6.96. The number of hydrogen-bond acceptors (Lipinski definition) is 4. The number of rotatable bonds is 5. The molecule has 0 aromatic heterocycles. The van der Waals surface area contributed by atoms with Gasteiger partial charge in [0.2, 0.25) is 11.7 Å². The van der Waals surface area contributed by atoms with E-state index in [-0.39, 0.29) is 11.6 Å². The van der Waals surface area contributed by atoms with Crippen molar-refractivity contribution in [3.63, 3.8) is 0 Å². The Labute approximate surface area is 144 Å². The minimum Gasteiger partial charge on any atom is -0.325 e. The number of amides is 1. The minimum absolute atomic E-state index is 0.186. The highest BCUT2D eigenvalue weighted by atomic mass is 79.9. The van der Waals surface area contributed by atoms with Crippen LogP contribution in [0.5, 0.6) is 0 Å². The van der Waals surface area contributed by atoms with Crippen molar-refractivity contribution >= 4 is 45.0 Å². The fourth-order valence-corrected chi connectivity index (χ4v) is 2.88. The summed E-state index contributed by atoms with van der Waals surface area (Å²) in [7, 11) is 0. The molecule has 2 aromatic rings. The highest BCUT2D eigenvalue weighted by Gasteiger charge is 2.18. The molecule has 0 spiro atoms. The maximum Gasteiger partial charge on any atom is 0.306 e. The van der Waals surface area contributed by atoms with Crippen LogP contribution in [0.3, 0.4) is 0 Å². The summed E-state index contributed by atoms with van der Waals surface area (Å²) < 4.78 is 14.2. The summed E-state index contributed by atoms with van der Waals surface area (Å²) >= 11 is 4.69. The molecule has 0 unspecified atom stereocenters. The Balaban J connectivity index is 2.04. The Kier molecular flexibility index (Phi) is 5.73. The van der Waals surface area contributed by atoms with Gasteiger partial charge in [-0.3, -0.25) is 14.9 Å². The number of nitro benzene ring substituents is 1. The number of carbonyl (C=O) groups excluding carboxylic acids is 1. The van der Waals surface area contributed by atoms with Gasteiger partial charge in [-0.05, 0) is 43.3 Å². The second-order valence-electron chi connectivity index (χ2n) is 4.63. The summed E-state index contributed by atoms with van der Waals surface area (Å²) in [5.41, 5.74) is -0.484. The minimum atomic E-state index is -0.940. The molecule has 2 aromatic carbocycles. The summed E-state index contributed by atoms with van der Waals surface area (Å²) in [6.45, 7) is 1.72. The zero-order valence-corrected chi connectivity index (χ0v) is 14.4. The maximum absolute atomic E-state index is 13.3. The molecule has 120 valence electrons. The Morgan fingerprint density at radius 2 is 1.96 bits per heavy atom. The van der Waals surface area contributed by atoms with Crippen LogP contribution in [-0.2, 0) is 4.79 Å². The molecule has 1 amide bonds. The molecule has 0 heterocycles. The average Bonchev–Trinajstić information content (AvgIpc) is 2.51. The highest BCUT2D eigenvalue weighted by Crippen LogP contribution is 2.27. The molecular weight excluding hydrogens is 387 g/mol. The summed E-state index contributed by atoms with van der Waals surface area (Å²) in [5.74, 6) is -1.26. The fraction of sp³-hybridized carbons (Fsp3) is 0.133. The van der Waals surface area contributed by atoms with E-state index in [4.69, 9.17) is 0 Å². The van der Waals surface area contributed by atoms with Gasteiger partial charge in [-0.2, -0.15) is 4.39 Å². The van der Waals surface area contributed by atoms with Crippen molar-refractivity contribution in [2.75, 3.05) is 5.32 Å². The van der Waals surface area contributed by atoms with E-state index in [9.17, 15) is 19.3 Å². The van der Waals surface area contributed by atoms with Crippen molar-refractivity contribution in [2.24, 2.45) is 0 Å². The smallest absolute Gasteiger partial charge is 0.306 e. The lowest BCUT2D eigenvalue weighted by Gasteiger charge is -2.12. The predicted octanol–water partition coefficient (Wildman–Crippen LogP) is 4.62. The van der Waals surface area contributed by atoms with E-state index in [0.717, 1.165) is 21.5 Å². The molecule has 0 aliphatic carbocycles. The summed E-state index contributed by atoms with van der Waals surface area (Å²) in [4.78, 5) is 22.9. The third-order valence-electron chi connectivity index (χ3n) is 2.91. The second kappa shape index (κ2) is 7.56. The van der Waals surface area contributed by atoms with Crippen LogP contribution >= 0.6 is 27.7 Å². The number of hydrogen-bond donors (Lipinski definition) is 1. The van der Waals surface area contributed by atoms with Gasteiger partial charge >= 0.3 is 5.69 Å². The lowest BCUT2D eigenvalue weighted by Crippen LogP contribution is -2.22. The fourth-order valence-electron chi connectivity index (χ4n) is 1.75. The maximum atomic E-state index is 13.3. The summed E-state index contributed by atoms with van der Waals surface area (Å²) in [6.07, 6.45) is 0. The van der Waals surface area contributed by atoms with Gasteiger partial charge in [-0.15, -0.1) is 11.8 Å². The number of nitro groups is 1. The van der Waals surface area contributed by atoms with Crippen LogP contribution < -0.4 is 5.32 Å². The van der Waals surface area contributed by atoms with Crippen LogP contribution in [0.4, 0.5) is 15.8 Å². The van der Waals surface area contributed by atoms with Gasteiger partial charge < -0.3 is 5.32 Å². The van der Waals surface area contributed by atoms with Crippen LogP contribution in [0.2, 0.25) is 0 Å². The van der Waals surface area contributed by atoms with E-state index in [1.54, 1.807) is 6.92 Å². The third kappa shape index (κ3) is 4.77. The quantitative estimate of drug-likeness (QED) is 0.453. The molecule has 23 heavy (non-hydrogen) atoms. The molecular formula is C15H12BrFN2O3S. The molecule has 0 aliphatic rings. The molecule has 5 nitrogen and oxygen atoms in total. The molecule has 8 heteroatoms. The van der Waals surface area contributed by atoms with Crippen molar-refractivity contribution in [1.82, 2.24) is 0 Å².